The van der Waals surface area contributed by atoms with E-state index in [2.05, 4.69) is 15.0 Å². The molecule has 10 heteroatoms. The van der Waals surface area contributed by atoms with Gasteiger partial charge >= 0.3 is 6.36 Å². The van der Waals surface area contributed by atoms with Crippen LogP contribution < -0.4 is 14.8 Å². The third kappa shape index (κ3) is 5.02. The van der Waals surface area contributed by atoms with E-state index < -0.39 is 6.36 Å². The van der Waals surface area contributed by atoms with Crippen molar-refractivity contribution in [3.8, 4) is 22.8 Å². The third-order valence-electron chi connectivity index (χ3n) is 4.69. The molecule has 0 aliphatic carbocycles. The van der Waals surface area contributed by atoms with Crippen LogP contribution in [0.3, 0.4) is 0 Å². The standard InChI is InChI=1S/C22H18F3N3O3S/c1-30-17-8-6-14(7-9-17)18-12-28-16(13-32-21(28)27-18)10-20(29)26-11-15-4-2-3-5-19(15)31-22(23,24)25/h2-9,12-13H,10-11H2,1H3,(H,26,29). The van der Waals surface area contributed by atoms with E-state index in [1.165, 1.54) is 29.5 Å². The largest absolute Gasteiger partial charge is 0.573 e. The Hall–Kier alpha value is -3.53. The van der Waals surface area contributed by atoms with Crippen LogP contribution in [0.25, 0.3) is 16.2 Å². The van der Waals surface area contributed by atoms with Gasteiger partial charge in [0, 0.05) is 34.9 Å². The van der Waals surface area contributed by atoms with Gasteiger partial charge in [-0.2, -0.15) is 0 Å². The fourth-order valence-electron chi connectivity index (χ4n) is 3.15. The number of carbonyl (C=O) groups is 1. The number of benzene rings is 2. The highest BCUT2D eigenvalue weighted by Gasteiger charge is 2.32. The van der Waals surface area contributed by atoms with Crippen LogP contribution in [0, 0.1) is 0 Å². The smallest absolute Gasteiger partial charge is 0.497 e. The summed E-state index contributed by atoms with van der Waals surface area (Å²) in [5.41, 5.74) is 2.64. The maximum absolute atomic E-state index is 12.6. The van der Waals surface area contributed by atoms with Crippen LogP contribution in [0.1, 0.15) is 11.3 Å². The number of hydrogen-bond donors (Lipinski definition) is 1. The summed E-state index contributed by atoms with van der Waals surface area (Å²) in [6.07, 6.45) is -2.89. The zero-order chi connectivity index (χ0) is 22.7. The van der Waals surface area contributed by atoms with Crippen LogP contribution in [0.5, 0.6) is 11.5 Å². The fourth-order valence-corrected chi connectivity index (χ4v) is 4.03. The summed E-state index contributed by atoms with van der Waals surface area (Å²) in [5.74, 6) is 0.0810. The van der Waals surface area contributed by atoms with E-state index in [-0.39, 0.29) is 30.2 Å². The first kappa shape index (κ1) is 21.7. The van der Waals surface area contributed by atoms with Gasteiger partial charge in [-0.05, 0) is 30.3 Å². The first-order valence-electron chi connectivity index (χ1n) is 9.52. The van der Waals surface area contributed by atoms with Crippen LogP contribution in [-0.2, 0) is 17.8 Å². The fraction of sp³-hybridized carbons (Fsp3) is 0.182. The van der Waals surface area contributed by atoms with E-state index in [4.69, 9.17) is 4.74 Å². The lowest BCUT2D eigenvalue weighted by atomic mass is 10.1. The van der Waals surface area contributed by atoms with Crippen molar-refractivity contribution in [1.29, 1.82) is 0 Å². The molecule has 0 radical (unpaired) electrons. The molecule has 0 aliphatic rings. The SMILES string of the molecule is COc1ccc(-c2cn3c(CC(=O)NCc4ccccc4OC(F)(F)F)csc3n2)cc1. The zero-order valence-corrected chi connectivity index (χ0v) is 17.7. The van der Waals surface area contributed by atoms with E-state index in [1.807, 2.05) is 40.2 Å². The number of rotatable bonds is 7. The molecule has 2 aromatic heterocycles. The van der Waals surface area contributed by atoms with E-state index in [0.717, 1.165) is 27.7 Å². The van der Waals surface area contributed by atoms with Crippen molar-refractivity contribution >= 4 is 22.2 Å². The number of ether oxygens (including phenoxy) is 2. The number of halogens is 3. The number of alkyl halides is 3. The number of carbonyl (C=O) groups excluding carboxylic acids is 1. The van der Waals surface area contributed by atoms with Gasteiger partial charge in [0.05, 0.1) is 19.2 Å². The first-order valence-corrected chi connectivity index (χ1v) is 10.4. The highest BCUT2D eigenvalue weighted by Crippen LogP contribution is 2.27. The number of methoxy groups -OCH3 is 1. The molecule has 0 atom stereocenters. The normalized spacial score (nSPS) is 11.5. The highest BCUT2D eigenvalue weighted by molar-refractivity contribution is 7.15. The Labute approximate surface area is 185 Å². The van der Waals surface area contributed by atoms with Crippen molar-refractivity contribution in [1.82, 2.24) is 14.7 Å². The quantitative estimate of drug-likeness (QED) is 0.428. The molecule has 32 heavy (non-hydrogen) atoms. The minimum atomic E-state index is -4.80. The van der Waals surface area contributed by atoms with Crippen LogP contribution >= 0.6 is 11.3 Å². The molecule has 0 saturated heterocycles. The van der Waals surface area contributed by atoms with Crippen LogP contribution in [0.2, 0.25) is 0 Å². The number of hydrogen-bond acceptors (Lipinski definition) is 5. The van der Waals surface area contributed by atoms with E-state index in [1.54, 1.807) is 13.2 Å². The lowest BCUT2D eigenvalue weighted by Gasteiger charge is -2.13. The van der Waals surface area contributed by atoms with E-state index in [9.17, 15) is 18.0 Å². The second kappa shape index (κ2) is 8.91. The summed E-state index contributed by atoms with van der Waals surface area (Å²) in [7, 11) is 1.60. The Morgan fingerprint density at radius 3 is 2.62 bits per heavy atom. The molecule has 0 bridgehead atoms. The van der Waals surface area contributed by atoms with E-state index >= 15 is 0 Å². The summed E-state index contributed by atoms with van der Waals surface area (Å²) >= 11 is 1.40. The molecular formula is C22H18F3N3O3S. The Morgan fingerprint density at radius 2 is 1.91 bits per heavy atom. The molecule has 1 N–H and O–H groups in total. The summed E-state index contributed by atoms with van der Waals surface area (Å²) in [6, 6.07) is 13.2. The number of aromatic nitrogens is 2. The van der Waals surface area contributed by atoms with Crippen molar-refractivity contribution in [2.45, 2.75) is 19.3 Å². The van der Waals surface area contributed by atoms with Gasteiger partial charge in [0.1, 0.15) is 11.5 Å². The maximum Gasteiger partial charge on any atom is 0.573 e. The molecule has 6 nitrogen and oxygen atoms in total. The molecule has 0 unspecified atom stereocenters. The number of amides is 1. The van der Waals surface area contributed by atoms with Crippen LogP contribution in [0.15, 0.2) is 60.1 Å². The van der Waals surface area contributed by atoms with Gasteiger partial charge in [0.2, 0.25) is 5.91 Å². The monoisotopic (exact) mass is 461 g/mol. The van der Waals surface area contributed by atoms with Gasteiger partial charge in [0.15, 0.2) is 4.96 Å². The van der Waals surface area contributed by atoms with Gasteiger partial charge < -0.3 is 14.8 Å². The molecule has 2 heterocycles. The lowest BCUT2D eigenvalue weighted by Crippen LogP contribution is -2.26. The topological polar surface area (TPSA) is 64.9 Å². The first-order chi connectivity index (χ1) is 15.3. The molecule has 1 amide bonds. The average Bonchev–Trinajstić information content (AvgIpc) is 3.34. The number of imidazole rings is 1. The number of thiazole rings is 1. The molecule has 4 rings (SSSR count). The average molecular weight is 461 g/mol. The Kier molecular flexibility index (Phi) is 6.04. The predicted molar refractivity (Wildman–Crippen MR) is 114 cm³/mol. The minimum Gasteiger partial charge on any atom is -0.497 e. The van der Waals surface area contributed by atoms with Crippen molar-refractivity contribution in [2.24, 2.45) is 0 Å². The summed E-state index contributed by atoms with van der Waals surface area (Å²) in [5, 5.41) is 4.48. The van der Waals surface area contributed by atoms with Gasteiger partial charge in [-0.25, -0.2) is 4.98 Å². The van der Waals surface area contributed by atoms with Gasteiger partial charge in [0.25, 0.3) is 0 Å². The van der Waals surface area contributed by atoms with Gasteiger partial charge in [-0.3, -0.25) is 9.20 Å². The molecule has 166 valence electrons. The predicted octanol–water partition coefficient (Wildman–Crippen LogP) is 4.83. The molecule has 4 aromatic rings. The molecule has 2 aromatic carbocycles. The van der Waals surface area contributed by atoms with Crippen molar-refractivity contribution in [2.75, 3.05) is 7.11 Å². The zero-order valence-electron chi connectivity index (χ0n) is 16.8. The number of fused-ring (bicyclic) bond motifs is 1. The van der Waals surface area contributed by atoms with Crippen molar-refractivity contribution < 1.29 is 27.4 Å². The molecule has 0 aliphatic heterocycles. The second-order valence-corrected chi connectivity index (χ2v) is 7.68. The van der Waals surface area contributed by atoms with E-state index in [0.29, 0.717) is 0 Å². The van der Waals surface area contributed by atoms with Crippen LogP contribution in [0.4, 0.5) is 13.2 Å². The summed E-state index contributed by atoms with van der Waals surface area (Å²) in [4.78, 5) is 17.8. The lowest BCUT2D eigenvalue weighted by molar-refractivity contribution is -0.274. The second-order valence-electron chi connectivity index (χ2n) is 6.84. The van der Waals surface area contributed by atoms with Crippen LogP contribution in [-0.4, -0.2) is 28.8 Å². The highest BCUT2D eigenvalue weighted by atomic mass is 32.1. The maximum atomic E-state index is 12.6. The number of para-hydroxylation sites is 1. The Morgan fingerprint density at radius 1 is 1.16 bits per heavy atom. The third-order valence-corrected chi connectivity index (χ3v) is 5.57. The minimum absolute atomic E-state index is 0.0563. The number of nitrogens with one attached hydrogen (secondary N) is 1. The Bertz CT molecular complexity index is 1230. The number of nitrogens with zero attached hydrogens (tertiary/aromatic N) is 2. The van der Waals surface area contributed by atoms with Crippen molar-refractivity contribution in [3.05, 3.63) is 71.4 Å². The molecule has 0 saturated carbocycles. The summed E-state index contributed by atoms with van der Waals surface area (Å²) in [6.45, 7) is -0.0839. The van der Waals surface area contributed by atoms with Gasteiger partial charge in [-0.15, -0.1) is 24.5 Å². The van der Waals surface area contributed by atoms with Crippen molar-refractivity contribution in [3.63, 3.8) is 0 Å². The van der Waals surface area contributed by atoms with Gasteiger partial charge in [-0.1, -0.05) is 18.2 Å². The molecule has 0 spiro atoms. The Balaban J connectivity index is 1.44. The molecular weight excluding hydrogens is 443 g/mol. The molecule has 0 fully saturated rings. The summed E-state index contributed by atoms with van der Waals surface area (Å²) < 4.78 is 48.7.